The first-order valence-electron chi connectivity index (χ1n) is 14.7. The number of hydrogen-bond acceptors (Lipinski definition) is 9. The molecular formula is C32H38ClN5O4S. The Bertz CT molecular complexity index is 1400. The van der Waals surface area contributed by atoms with Gasteiger partial charge in [0.1, 0.15) is 5.82 Å². The number of piperazine rings is 1. The number of nitrogens with zero attached hydrogens (tertiary/aromatic N) is 5. The van der Waals surface area contributed by atoms with Gasteiger partial charge in [0.15, 0.2) is 5.16 Å². The summed E-state index contributed by atoms with van der Waals surface area (Å²) in [6.45, 7) is 6.97. The van der Waals surface area contributed by atoms with Crippen LogP contribution in [0.25, 0.3) is 0 Å². The number of carbonyl (C=O) groups is 2. The molecular weight excluding hydrogens is 586 g/mol. The number of aromatic nitrogens is 2. The first-order valence-corrected chi connectivity index (χ1v) is 16.1. The van der Waals surface area contributed by atoms with Crippen LogP contribution in [0.15, 0.2) is 59.8 Å². The van der Waals surface area contributed by atoms with E-state index in [-0.39, 0.29) is 17.8 Å². The lowest BCUT2D eigenvalue weighted by Gasteiger charge is -2.37. The summed E-state index contributed by atoms with van der Waals surface area (Å²) >= 11 is 7.99. The molecule has 0 N–H and O–H groups in total. The summed E-state index contributed by atoms with van der Waals surface area (Å²) in [4.78, 5) is 41.3. The largest absolute Gasteiger partial charge is 0.466 e. The lowest BCUT2D eigenvalue weighted by atomic mass is 9.97. The van der Waals surface area contributed by atoms with Crippen LogP contribution < -0.4 is 9.80 Å². The number of benzene rings is 2. The Morgan fingerprint density at radius 3 is 2.47 bits per heavy atom. The van der Waals surface area contributed by atoms with Crippen molar-refractivity contribution in [3.05, 3.63) is 76.4 Å². The van der Waals surface area contributed by atoms with Gasteiger partial charge in [-0.05, 0) is 49.6 Å². The molecule has 1 unspecified atom stereocenters. The highest BCUT2D eigenvalue weighted by Crippen LogP contribution is 2.28. The summed E-state index contributed by atoms with van der Waals surface area (Å²) in [5, 5.41) is 1.46. The smallest absolute Gasteiger partial charge is 0.310 e. The van der Waals surface area contributed by atoms with E-state index in [2.05, 4.69) is 15.9 Å². The molecule has 1 aromatic heterocycles. The second-order valence-electron chi connectivity index (χ2n) is 10.7. The van der Waals surface area contributed by atoms with E-state index in [9.17, 15) is 9.59 Å². The Balaban J connectivity index is 1.19. The monoisotopic (exact) mass is 623 g/mol. The Morgan fingerprint density at radius 2 is 1.74 bits per heavy atom. The molecule has 0 spiro atoms. The fourth-order valence-electron chi connectivity index (χ4n) is 5.48. The van der Waals surface area contributed by atoms with E-state index in [4.69, 9.17) is 31.0 Å². The van der Waals surface area contributed by atoms with Gasteiger partial charge in [0.25, 0.3) is 5.91 Å². The molecule has 228 valence electrons. The Hall–Kier alpha value is -3.34. The second-order valence-corrected chi connectivity index (χ2v) is 12.0. The molecule has 2 saturated heterocycles. The third-order valence-corrected chi connectivity index (χ3v) is 8.97. The molecule has 0 bridgehead atoms. The fourth-order valence-corrected chi connectivity index (χ4v) is 6.56. The number of methoxy groups -OCH3 is 1. The molecule has 0 aliphatic carbocycles. The van der Waals surface area contributed by atoms with Gasteiger partial charge >= 0.3 is 5.97 Å². The quantitative estimate of drug-likeness (QED) is 0.169. The van der Waals surface area contributed by atoms with Crippen molar-refractivity contribution >= 4 is 46.7 Å². The van der Waals surface area contributed by atoms with Crippen molar-refractivity contribution in [2.75, 3.05) is 62.8 Å². The molecule has 1 amide bonds. The molecule has 2 aliphatic heterocycles. The van der Waals surface area contributed by atoms with Crippen molar-refractivity contribution < 1.29 is 19.1 Å². The highest BCUT2D eigenvalue weighted by Gasteiger charge is 2.30. The number of esters is 1. The number of para-hydroxylation sites is 1. The SMILES string of the molecule is CCOC(=O)C1CCCN(C(=O)c2ccc(CSc3nc(COC)cc(N4CCN(c5ccccc5Cl)CC4)n3)cc2)C1. The van der Waals surface area contributed by atoms with E-state index in [0.29, 0.717) is 42.8 Å². The maximum atomic E-state index is 13.1. The average Bonchev–Trinajstić information content (AvgIpc) is 3.04. The molecule has 1 atom stereocenters. The van der Waals surface area contributed by atoms with Crippen molar-refractivity contribution in [1.29, 1.82) is 0 Å². The molecule has 9 nitrogen and oxygen atoms in total. The number of halogens is 1. The van der Waals surface area contributed by atoms with Gasteiger partial charge in [-0.2, -0.15) is 0 Å². The van der Waals surface area contributed by atoms with Crippen LogP contribution in [0.1, 0.15) is 41.4 Å². The minimum absolute atomic E-state index is 0.0527. The van der Waals surface area contributed by atoms with Crippen LogP contribution in [0.5, 0.6) is 0 Å². The summed E-state index contributed by atoms with van der Waals surface area (Å²) in [7, 11) is 1.67. The average molecular weight is 624 g/mol. The molecule has 3 aromatic rings. The molecule has 2 aliphatic rings. The topological polar surface area (TPSA) is 88.1 Å². The number of amides is 1. The van der Waals surface area contributed by atoms with Crippen LogP contribution in [0, 0.1) is 5.92 Å². The summed E-state index contributed by atoms with van der Waals surface area (Å²) in [5.74, 6) is 1.04. The molecule has 43 heavy (non-hydrogen) atoms. The summed E-state index contributed by atoms with van der Waals surface area (Å²) in [6.07, 6.45) is 1.55. The second kappa shape index (κ2) is 14.9. The van der Waals surface area contributed by atoms with E-state index < -0.39 is 0 Å². The maximum Gasteiger partial charge on any atom is 0.310 e. The van der Waals surface area contributed by atoms with Gasteiger partial charge in [-0.3, -0.25) is 9.59 Å². The number of anilines is 2. The van der Waals surface area contributed by atoms with E-state index in [1.54, 1.807) is 30.7 Å². The van der Waals surface area contributed by atoms with Crippen LogP contribution >= 0.6 is 23.4 Å². The zero-order valence-corrected chi connectivity index (χ0v) is 26.3. The van der Waals surface area contributed by atoms with Gasteiger partial charge in [-0.15, -0.1) is 0 Å². The highest BCUT2D eigenvalue weighted by molar-refractivity contribution is 7.98. The fraction of sp³-hybridized carbons (Fsp3) is 0.438. The van der Waals surface area contributed by atoms with Gasteiger partial charge in [-0.25, -0.2) is 9.97 Å². The molecule has 0 radical (unpaired) electrons. The zero-order chi connectivity index (χ0) is 30.2. The number of ether oxygens (including phenoxy) is 2. The number of thioether (sulfide) groups is 1. The summed E-state index contributed by atoms with van der Waals surface area (Å²) in [5.41, 5.74) is 3.59. The molecule has 11 heteroatoms. The lowest BCUT2D eigenvalue weighted by Crippen LogP contribution is -2.47. The van der Waals surface area contributed by atoms with Crippen molar-refractivity contribution in [3.63, 3.8) is 0 Å². The molecule has 0 saturated carbocycles. The first kappa shape index (κ1) is 31.1. The van der Waals surface area contributed by atoms with Crippen LogP contribution in [-0.4, -0.2) is 79.7 Å². The molecule has 2 fully saturated rings. The van der Waals surface area contributed by atoms with Gasteiger partial charge in [0.05, 0.1) is 35.5 Å². The predicted octanol–water partition coefficient (Wildman–Crippen LogP) is 5.31. The van der Waals surface area contributed by atoms with Crippen LogP contribution in [-0.2, 0) is 26.6 Å². The van der Waals surface area contributed by atoms with E-state index in [1.807, 2.05) is 48.5 Å². The number of rotatable bonds is 10. The Kier molecular flexibility index (Phi) is 10.8. The van der Waals surface area contributed by atoms with E-state index in [0.717, 1.165) is 66.8 Å². The third kappa shape index (κ3) is 7.99. The van der Waals surface area contributed by atoms with Gasteiger partial charge in [0.2, 0.25) is 0 Å². The number of likely N-dealkylation sites (tertiary alicyclic amines) is 1. The van der Waals surface area contributed by atoms with E-state index >= 15 is 0 Å². The van der Waals surface area contributed by atoms with Gasteiger partial charge in [-0.1, -0.05) is 47.6 Å². The number of carbonyl (C=O) groups excluding carboxylic acids is 2. The van der Waals surface area contributed by atoms with Crippen LogP contribution in [0.2, 0.25) is 5.02 Å². The highest BCUT2D eigenvalue weighted by atomic mass is 35.5. The normalized spacial score (nSPS) is 17.2. The van der Waals surface area contributed by atoms with Crippen LogP contribution in [0.3, 0.4) is 0 Å². The van der Waals surface area contributed by atoms with Gasteiger partial charge < -0.3 is 24.2 Å². The van der Waals surface area contributed by atoms with Crippen molar-refractivity contribution in [2.24, 2.45) is 5.92 Å². The van der Waals surface area contributed by atoms with Crippen molar-refractivity contribution in [1.82, 2.24) is 14.9 Å². The minimum atomic E-state index is -0.252. The van der Waals surface area contributed by atoms with E-state index in [1.165, 1.54) is 0 Å². The molecule has 2 aromatic carbocycles. The standard InChI is InChI=1S/C32H38ClN5O4S/c1-3-42-31(40)25-7-6-14-38(20-25)30(39)24-12-10-23(11-13-24)22-43-32-34-26(21-41-2)19-29(35-32)37-17-15-36(16-18-37)28-9-5-4-8-27(28)33/h4-5,8-13,19,25H,3,6-7,14-18,20-22H2,1-2H3. The maximum absolute atomic E-state index is 13.1. The number of hydrogen-bond donors (Lipinski definition) is 0. The first-order chi connectivity index (χ1) is 20.9. The lowest BCUT2D eigenvalue weighted by molar-refractivity contribution is -0.149. The van der Waals surface area contributed by atoms with Crippen molar-refractivity contribution in [2.45, 2.75) is 37.3 Å². The predicted molar refractivity (Wildman–Crippen MR) is 170 cm³/mol. The minimum Gasteiger partial charge on any atom is -0.466 e. The third-order valence-electron chi connectivity index (χ3n) is 7.73. The zero-order valence-electron chi connectivity index (χ0n) is 24.7. The van der Waals surface area contributed by atoms with Gasteiger partial charge in [0, 0.05) is 63.8 Å². The van der Waals surface area contributed by atoms with Crippen LogP contribution in [0.4, 0.5) is 11.5 Å². The summed E-state index contributed by atoms with van der Waals surface area (Å²) < 4.78 is 10.6. The molecule has 3 heterocycles. The molecule has 5 rings (SSSR count). The number of piperidine rings is 1. The Labute approximate surface area is 262 Å². The van der Waals surface area contributed by atoms with Crippen molar-refractivity contribution in [3.8, 4) is 0 Å². The summed E-state index contributed by atoms with van der Waals surface area (Å²) in [6, 6.07) is 17.6. The Morgan fingerprint density at radius 1 is 1.00 bits per heavy atom.